The van der Waals surface area contributed by atoms with E-state index in [1.165, 1.54) is 0 Å². The molecule has 108 valence electrons. The Morgan fingerprint density at radius 3 is 2.68 bits per heavy atom. The number of hydrogen-bond acceptors (Lipinski definition) is 3. The van der Waals surface area contributed by atoms with E-state index < -0.39 is 12.0 Å². The van der Waals surface area contributed by atoms with E-state index in [2.05, 4.69) is 24.3 Å². The number of nitrogens with one attached hydrogen (secondary N) is 1. The van der Waals surface area contributed by atoms with E-state index in [9.17, 15) is 4.79 Å². The number of carbonyl (C=O) groups is 1. The molecule has 5 nitrogen and oxygen atoms in total. The molecule has 0 aliphatic rings. The second kappa shape index (κ2) is 7.28. The van der Waals surface area contributed by atoms with Crippen molar-refractivity contribution in [3.8, 4) is 0 Å². The molecule has 0 saturated heterocycles. The number of aromatic nitrogens is 2. The number of nitrogens with zero attached hydrogens (tertiary/aromatic N) is 2. The van der Waals surface area contributed by atoms with Crippen molar-refractivity contribution >= 4 is 5.97 Å². The third kappa shape index (κ3) is 5.03. The van der Waals surface area contributed by atoms with E-state index in [1.807, 2.05) is 30.8 Å². The first-order valence-electron chi connectivity index (χ1n) is 6.94. The number of carboxylic acid groups (broad SMARTS) is 1. The highest BCUT2D eigenvalue weighted by atomic mass is 16.4. The number of hydrogen-bond donors (Lipinski definition) is 2. The van der Waals surface area contributed by atoms with E-state index in [0.29, 0.717) is 24.9 Å². The van der Waals surface area contributed by atoms with Crippen LogP contribution in [-0.4, -0.2) is 26.9 Å². The Kier molecular flexibility index (Phi) is 6.02. The van der Waals surface area contributed by atoms with Crippen molar-refractivity contribution in [3.63, 3.8) is 0 Å². The van der Waals surface area contributed by atoms with Crippen LogP contribution in [-0.2, 0) is 11.3 Å². The largest absolute Gasteiger partial charge is 0.480 e. The van der Waals surface area contributed by atoms with Gasteiger partial charge in [0.2, 0.25) is 0 Å². The fraction of sp³-hybridized carbons (Fsp3) is 0.714. The smallest absolute Gasteiger partial charge is 0.320 e. The maximum atomic E-state index is 11.1. The minimum absolute atomic E-state index is 0.353. The SMILES string of the molecule is CCC(C)n1ccc(CNC(CC(C)C)C(=O)O)n1. The molecule has 0 fully saturated rings. The van der Waals surface area contributed by atoms with Crippen LogP contribution < -0.4 is 5.32 Å². The fourth-order valence-corrected chi connectivity index (χ4v) is 1.87. The first kappa shape index (κ1) is 15.7. The molecule has 1 rings (SSSR count). The van der Waals surface area contributed by atoms with Gasteiger partial charge in [0, 0.05) is 18.8 Å². The molecular weight excluding hydrogens is 242 g/mol. The third-order valence-corrected chi connectivity index (χ3v) is 3.24. The molecule has 0 spiro atoms. The molecule has 2 N–H and O–H groups in total. The summed E-state index contributed by atoms with van der Waals surface area (Å²) in [6.07, 6.45) is 3.60. The van der Waals surface area contributed by atoms with Crippen LogP contribution in [0.5, 0.6) is 0 Å². The second-order valence-corrected chi connectivity index (χ2v) is 5.45. The molecule has 1 aromatic heterocycles. The molecule has 0 saturated carbocycles. The molecular formula is C14H25N3O2. The minimum Gasteiger partial charge on any atom is -0.480 e. The van der Waals surface area contributed by atoms with Gasteiger partial charge in [0.15, 0.2) is 0 Å². The minimum atomic E-state index is -0.796. The van der Waals surface area contributed by atoms with Gasteiger partial charge >= 0.3 is 5.97 Å². The van der Waals surface area contributed by atoms with Crippen molar-refractivity contribution < 1.29 is 9.90 Å². The number of aliphatic carboxylic acids is 1. The second-order valence-electron chi connectivity index (χ2n) is 5.45. The van der Waals surface area contributed by atoms with Crippen LogP contribution in [0.3, 0.4) is 0 Å². The molecule has 1 aromatic rings. The topological polar surface area (TPSA) is 67.2 Å². The highest BCUT2D eigenvalue weighted by Gasteiger charge is 2.18. The highest BCUT2D eigenvalue weighted by Crippen LogP contribution is 2.10. The highest BCUT2D eigenvalue weighted by molar-refractivity contribution is 5.73. The van der Waals surface area contributed by atoms with Crippen LogP contribution in [0.2, 0.25) is 0 Å². The van der Waals surface area contributed by atoms with Gasteiger partial charge in [-0.3, -0.25) is 14.8 Å². The van der Waals surface area contributed by atoms with Gasteiger partial charge in [0.1, 0.15) is 6.04 Å². The van der Waals surface area contributed by atoms with Crippen LogP contribution in [0, 0.1) is 5.92 Å². The van der Waals surface area contributed by atoms with Gasteiger partial charge in [-0.2, -0.15) is 5.10 Å². The summed E-state index contributed by atoms with van der Waals surface area (Å²) in [6, 6.07) is 1.81. The lowest BCUT2D eigenvalue weighted by molar-refractivity contribution is -0.140. The summed E-state index contributed by atoms with van der Waals surface area (Å²) in [4.78, 5) is 11.1. The molecule has 5 heteroatoms. The van der Waals surface area contributed by atoms with Crippen molar-refractivity contribution in [2.75, 3.05) is 0 Å². The van der Waals surface area contributed by atoms with Gasteiger partial charge in [-0.25, -0.2) is 0 Å². The normalized spacial score (nSPS) is 14.6. The van der Waals surface area contributed by atoms with Crippen molar-refractivity contribution in [2.45, 2.75) is 59.2 Å². The summed E-state index contributed by atoms with van der Waals surface area (Å²) < 4.78 is 1.93. The van der Waals surface area contributed by atoms with E-state index in [-0.39, 0.29) is 0 Å². The van der Waals surface area contributed by atoms with E-state index in [1.54, 1.807) is 0 Å². The zero-order valence-corrected chi connectivity index (χ0v) is 12.3. The van der Waals surface area contributed by atoms with Crippen molar-refractivity contribution in [3.05, 3.63) is 18.0 Å². The first-order chi connectivity index (χ1) is 8.93. The average Bonchev–Trinajstić information content (AvgIpc) is 2.81. The van der Waals surface area contributed by atoms with Gasteiger partial charge in [0.25, 0.3) is 0 Å². The Hall–Kier alpha value is -1.36. The quantitative estimate of drug-likeness (QED) is 0.759. The molecule has 0 aliphatic heterocycles. The Balaban J connectivity index is 2.54. The molecule has 1 heterocycles. The lowest BCUT2D eigenvalue weighted by Gasteiger charge is -2.15. The molecule has 19 heavy (non-hydrogen) atoms. The standard InChI is InChI=1S/C14H25N3O2/c1-5-11(4)17-7-6-12(16-17)9-15-13(14(18)19)8-10(2)3/h6-7,10-11,13,15H,5,8-9H2,1-4H3,(H,18,19). The molecule has 0 bridgehead atoms. The Bertz CT molecular complexity index is 401. The van der Waals surface area contributed by atoms with Gasteiger partial charge in [-0.15, -0.1) is 0 Å². The summed E-state index contributed by atoms with van der Waals surface area (Å²) in [5, 5.41) is 16.7. The van der Waals surface area contributed by atoms with Gasteiger partial charge in [-0.05, 0) is 31.7 Å². The zero-order valence-electron chi connectivity index (χ0n) is 12.3. The Morgan fingerprint density at radius 1 is 1.47 bits per heavy atom. The predicted molar refractivity (Wildman–Crippen MR) is 74.9 cm³/mol. The lowest BCUT2D eigenvalue weighted by Crippen LogP contribution is -2.37. The van der Waals surface area contributed by atoms with Gasteiger partial charge in [0.05, 0.1) is 5.69 Å². The summed E-state index contributed by atoms with van der Waals surface area (Å²) in [6.45, 7) is 8.77. The van der Waals surface area contributed by atoms with Crippen molar-refractivity contribution in [1.29, 1.82) is 0 Å². The van der Waals surface area contributed by atoms with Crippen LogP contribution in [0.15, 0.2) is 12.3 Å². The molecule has 2 atom stereocenters. The monoisotopic (exact) mass is 267 g/mol. The maximum absolute atomic E-state index is 11.1. The average molecular weight is 267 g/mol. The molecule has 0 radical (unpaired) electrons. The van der Waals surface area contributed by atoms with E-state index in [4.69, 9.17) is 5.11 Å². The van der Waals surface area contributed by atoms with Crippen LogP contribution in [0.4, 0.5) is 0 Å². The van der Waals surface area contributed by atoms with Crippen molar-refractivity contribution in [1.82, 2.24) is 15.1 Å². The molecule has 0 aliphatic carbocycles. The van der Waals surface area contributed by atoms with Crippen LogP contribution in [0.1, 0.15) is 52.3 Å². The van der Waals surface area contributed by atoms with E-state index in [0.717, 1.165) is 12.1 Å². The number of carboxylic acids is 1. The van der Waals surface area contributed by atoms with Crippen LogP contribution >= 0.6 is 0 Å². The Labute approximate surface area is 115 Å². The summed E-state index contributed by atoms with van der Waals surface area (Å²) in [5.41, 5.74) is 0.885. The summed E-state index contributed by atoms with van der Waals surface area (Å²) in [5.74, 6) is -0.443. The molecule has 0 aromatic carbocycles. The fourth-order valence-electron chi connectivity index (χ4n) is 1.87. The molecule has 2 unspecified atom stereocenters. The summed E-state index contributed by atoms with van der Waals surface area (Å²) in [7, 11) is 0. The lowest BCUT2D eigenvalue weighted by atomic mass is 10.0. The van der Waals surface area contributed by atoms with Crippen molar-refractivity contribution in [2.24, 2.45) is 5.92 Å². The number of rotatable bonds is 8. The van der Waals surface area contributed by atoms with Crippen LogP contribution in [0.25, 0.3) is 0 Å². The Morgan fingerprint density at radius 2 is 2.16 bits per heavy atom. The predicted octanol–water partition coefficient (Wildman–Crippen LogP) is 2.44. The zero-order chi connectivity index (χ0) is 14.4. The summed E-state index contributed by atoms with van der Waals surface area (Å²) >= 11 is 0. The first-order valence-corrected chi connectivity index (χ1v) is 6.94. The maximum Gasteiger partial charge on any atom is 0.320 e. The van der Waals surface area contributed by atoms with Gasteiger partial charge < -0.3 is 5.11 Å². The molecule has 0 amide bonds. The van der Waals surface area contributed by atoms with E-state index >= 15 is 0 Å². The van der Waals surface area contributed by atoms with Gasteiger partial charge in [-0.1, -0.05) is 20.8 Å². The third-order valence-electron chi connectivity index (χ3n) is 3.24.